The summed E-state index contributed by atoms with van der Waals surface area (Å²) in [6, 6.07) is 16.0. The molecule has 0 spiro atoms. The lowest BCUT2D eigenvalue weighted by Crippen LogP contribution is -2.37. The molecule has 2 aromatic carbocycles. The van der Waals surface area contributed by atoms with Gasteiger partial charge in [0.2, 0.25) is 0 Å². The predicted octanol–water partition coefficient (Wildman–Crippen LogP) is 4.48. The van der Waals surface area contributed by atoms with Gasteiger partial charge in [-0.3, -0.25) is 4.79 Å². The third-order valence-electron chi connectivity index (χ3n) is 6.18. The number of aromatic nitrogens is 2. The number of pyridine rings is 1. The molecular weight excluding hydrogens is 470 g/mol. The first-order chi connectivity index (χ1) is 16.8. The van der Waals surface area contributed by atoms with Gasteiger partial charge in [0, 0.05) is 12.7 Å². The van der Waals surface area contributed by atoms with E-state index in [4.69, 9.17) is 4.74 Å². The lowest BCUT2D eigenvalue weighted by atomic mass is 9.93. The topological polar surface area (TPSA) is 119 Å². The molecule has 4 aromatic rings. The maximum Gasteiger partial charge on any atom is 0.407 e. The second-order valence-electron chi connectivity index (χ2n) is 8.18. The highest BCUT2D eigenvalue weighted by molar-refractivity contribution is 7.90. The van der Waals surface area contributed by atoms with E-state index in [1.165, 1.54) is 29.3 Å². The molecule has 1 amide bonds. The van der Waals surface area contributed by atoms with Crippen LogP contribution >= 0.6 is 0 Å². The quantitative estimate of drug-likeness (QED) is 0.409. The van der Waals surface area contributed by atoms with Gasteiger partial charge in [-0.2, -0.15) is 0 Å². The van der Waals surface area contributed by atoms with Gasteiger partial charge in [0.15, 0.2) is 11.9 Å². The predicted molar refractivity (Wildman–Crippen MR) is 128 cm³/mol. The molecule has 1 aliphatic heterocycles. The maximum atomic E-state index is 13.3. The standard InChI is InChI=1S/C25H21N3O6S/c1-16-21-14-19(8-7-17(21)10-12-27(16)25(30)31)34-23-9-11-26-24-22(23)13-18(15-29)28(24)35(32,33)20-5-3-2-4-6-20/h2-9,11,13-16H,10,12H2,1H3,(H,30,31)/t16-/m0/s1. The summed E-state index contributed by atoms with van der Waals surface area (Å²) in [6.45, 7) is 2.25. The Bertz CT molecular complexity index is 1560. The van der Waals surface area contributed by atoms with Crippen LogP contribution in [0, 0.1) is 0 Å². The maximum absolute atomic E-state index is 13.3. The van der Waals surface area contributed by atoms with Crippen molar-refractivity contribution in [2.45, 2.75) is 24.3 Å². The van der Waals surface area contributed by atoms with E-state index >= 15 is 0 Å². The van der Waals surface area contributed by atoms with Crippen molar-refractivity contribution >= 4 is 33.4 Å². The Balaban J connectivity index is 1.58. The Morgan fingerprint density at radius 1 is 1.14 bits per heavy atom. The number of carbonyl (C=O) groups is 2. The van der Waals surface area contributed by atoms with Crippen LogP contribution in [0.1, 0.15) is 34.6 Å². The molecule has 2 aromatic heterocycles. The molecule has 1 aliphatic rings. The van der Waals surface area contributed by atoms with Gasteiger partial charge in [0.05, 0.1) is 22.0 Å². The molecule has 178 valence electrons. The van der Waals surface area contributed by atoms with Gasteiger partial charge < -0.3 is 14.7 Å². The first kappa shape index (κ1) is 22.6. The van der Waals surface area contributed by atoms with E-state index in [0.29, 0.717) is 36.1 Å². The molecule has 0 saturated carbocycles. The van der Waals surface area contributed by atoms with Crippen LogP contribution in [-0.4, -0.2) is 46.3 Å². The summed E-state index contributed by atoms with van der Waals surface area (Å²) in [5.41, 5.74) is 1.88. The zero-order valence-corrected chi connectivity index (χ0v) is 19.5. The third kappa shape index (κ3) is 3.81. The van der Waals surface area contributed by atoms with Gasteiger partial charge in [-0.1, -0.05) is 24.3 Å². The zero-order chi connectivity index (χ0) is 24.7. The van der Waals surface area contributed by atoms with Crippen LogP contribution in [-0.2, 0) is 16.4 Å². The van der Waals surface area contributed by atoms with Crippen molar-refractivity contribution in [2.24, 2.45) is 0 Å². The number of carbonyl (C=O) groups excluding carboxylic acids is 1. The average Bonchev–Trinajstić information content (AvgIpc) is 3.25. The van der Waals surface area contributed by atoms with Gasteiger partial charge >= 0.3 is 6.09 Å². The number of carboxylic acid groups (broad SMARTS) is 1. The molecule has 5 rings (SSSR count). The van der Waals surface area contributed by atoms with E-state index in [9.17, 15) is 23.1 Å². The minimum atomic E-state index is -4.08. The van der Waals surface area contributed by atoms with E-state index in [0.717, 1.165) is 15.1 Å². The lowest BCUT2D eigenvalue weighted by Gasteiger charge is -2.33. The van der Waals surface area contributed by atoms with E-state index in [1.807, 2.05) is 13.0 Å². The Hall–Kier alpha value is -4.18. The summed E-state index contributed by atoms with van der Waals surface area (Å²) in [5.74, 6) is 0.778. The van der Waals surface area contributed by atoms with E-state index in [1.54, 1.807) is 36.4 Å². The molecule has 9 nitrogen and oxygen atoms in total. The average molecular weight is 492 g/mol. The Kier molecular flexibility index (Phi) is 5.52. The van der Waals surface area contributed by atoms with Crippen molar-refractivity contribution in [1.29, 1.82) is 0 Å². The summed E-state index contributed by atoms with van der Waals surface area (Å²) in [5, 5.41) is 9.82. The number of amides is 1. The zero-order valence-electron chi connectivity index (χ0n) is 18.7. The molecule has 0 fully saturated rings. The molecule has 1 atom stereocenters. The van der Waals surface area contributed by atoms with Gasteiger partial charge in [0.25, 0.3) is 10.0 Å². The van der Waals surface area contributed by atoms with Crippen LogP contribution in [0.3, 0.4) is 0 Å². The minimum absolute atomic E-state index is 0.0281. The van der Waals surface area contributed by atoms with Gasteiger partial charge in [-0.25, -0.2) is 22.2 Å². The number of ether oxygens (including phenoxy) is 1. The van der Waals surface area contributed by atoms with E-state index in [-0.39, 0.29) is 22.3 Å². The van der Waals surface area contributed by atoms with Crippen LogP contribution in [0.5, 0.6) is 11.5 Å². The van der Waals surface area contributed by atoms with Crippen molar-refractivity contribution < 1.29 is 27.9 Å². The van der Waals surface area contributed by atoms with E-state index < -0.39 is 16.1 Å². The summed E-state index contributed by atoms with van der Waals surface area (Å²) in [7, 11) is -4.08. The highest BCUT2D eigenvalue weighted by atomic mass is 32.2. The molecule has 3 heterocycles. The summed E-state index contributed by atoms with van der Waals surface area (Å²) in [6.07, 6.45) is 1.51. The molecule has 0 radical (unpaired) electrons. The molecule has 10 heteroatoms. The normalized spacial score (nSPS) is 15.6. The molecule has 0 bridgehead atoms. The number of benzene rings is 2. The summed E-state index contributed by atoms with van der Waals surface area (Å²) in [4.78, 5) is 29.0. The fourth-order valence-corrected chi connectivity index (χ4v) is 5.89. The van der Waals surface area contributed by atoms with Gasteiger partial charge in [-0.05, 0) is 60.9 Å². The molecule has 1 N–H and O–H groups in total. The molecule has 0 aliphatic carbocycles. The number of fused-ring (bicyclic) bond motifs is 2. The van der Waals surface area contributed by atoms with Crippen molar-refractivity contribution in [1.82, 2.24) is 13.9 Å². The Labute approximate surface area is 201 Å². The molecule has 0 saturated heterocycles. The molecule has 0 unspecified atom stereocenters. The minimum Gasteiger partial charge on any atom is -0.465 e. The molecule has 35 heavy (non-hydrogen) atoms. The largest absolute Gasteiger partial charge is 0.465 e. The number of hydrogen-bond acceptors (Lipinski definition) is 6. The number of hydrogen-bond donors (Lipinski definition) is 1. The number of nitrogens with zero attached hydrogens (tertiary/aromatic N) is 3. The van der Waals surface area contributed by atoms with Crippen molar-refractivity contribution in [3.63, 3.8) is 0 Å². The highest BCUT2D eigenvalue weighted by Gasteiger charge is 2.28. The lowest BCUT2D eigenvalue weighted by molar-refractivity contribution is 0.111. The van der Waals surface area contributed by atoms with Crippen molar-refractivity contribution in [3.05, 3.63) is 83.7 Å². The Morgan fingerprint density at radius 2 is 1.91 bits per heavy atom. The number of rotatable bonds is 5. The monoisotopic (exact) mass is 491 g/mol. The van der Waals surface area contributed by atoms with Crippen LogP contribution in [0.4, 0.5) is 4.79 Å². The molecular formula is C25H21N3O6S. The fraction of sp³-hybridized carbons (Fsp3) is 0.160. The summed E-state index contributed by atoms with van der Waals surface area (Å²) >= 11 is 0. The van der Waals surface area contributed by atoms with Crippen LogP contribution in [0.25, 0.3) is 11.0 Å². The van der Waals surface area contributed by atoms with Gasteiger partial charge in [0.1, 0.15) is 11.5 Å². The first-order valence-electron chi connectivity index (χ1n) is 10.9. The van der Waals surface area contributed by atoms with E-state index in [2.05, 4.69) is 4.98 Å². The van der Waals surface area contributed by atoms with Crippen LogP contribution < -0.4 is 4.74 Å². The summed E-state index contributed by atoms with van der Waals surface area (Å²) < 4.78 is 33.6. The van der Waals surface area contributed by atoms with Crippen LogP contribution in [0.15, 0.2) is 71.8 Å². The van der Waals surface area contributed by atoms with Crippen molar-refractivity contribution in [3.8, 4) is 11.5 Å². The van der Waals surface area contributed by atoms with Crippen LogP contribution in [0.2, 0.25) is 0 Å². The fourth-order valence-electron chi connectivity index (χ4n) is 4.44. The Morgan fingerprint density at radius 3 is 2.63 bits per heavy atom. The van der Waals surface area contributed by atoms with Crippen molar-refractivity contribution in [2.75, 3.05) is 6.54 Å². The smallest absolute Gasteiger partial charge is 0.407 e. The second-order valence-corrected chi connectivity index (χ2v) is 9.97. The SMILES string of the molecule is C[C@H]1c2cc(Oc3ccnc4c3cc(C=O)n4S(=O)(=O)c3ccccc3)ccc2CCN1C(=O)O. The first-order valence-corrected chi connectivity index (χ1v) is 12.3. The highest BCUT2D eigenvalue weighted by Crippen LogP contribution is 2.36. The number of aldehydes is 1. The second kappa shape index (κ2) is 8.55. The third-order valence-corrected chi connectivity index (χ3v) is 7.91. The van der Waals surface area contributed by atoms with Gasteiger partial charge in [-0.15, -0.1) is 0 Å².